The topological polar surface area (TPSA) is 41.1 Å². The molecule has 1 heterocycles. The van der Waals surface area contributed by atoms with Crippen LogP contribution in [-0.4, -0.2) is 17.5 Å². The highest BCUT2D eigenvalue weighted by molar-refractivity contribution is 5.83. The number of benzene rings is 1. The van der Waals surface area contributed by atoms with E-state index in [1.54, 1.807) is 0 Å². The van der Waals surface area contributed by atoms with Crippen molar-refractivity contribution in [2.24, 2.45) is 5.92 Å². The number of rotatable bonds is 3. The van der Waals surface area contributed by atoms with E-state index in [0.29, 0.717) is 5.92 Å². The molecule has 0 unspecified atom stereocenters. The van der Waals surface area contributed by atoms with Gasteiger partial charge in [-0.3, -0.25) is 4.79 Å². The highest BCUT2D eigenvalue weighted by Crippen LogP contribution is 2.39. The van der Waals surface area contributed by atoms with Crippen LogP contribution in [0.25, 0.3) is 0 Å². The van der Waals surface area contributed by atoms with Gasteiger partial charge in [0.25, 0.3) is 0 Å². The minimum Gasteiger partial charge on any atom is -0.350 e. The fourth-order valence-electron chi connectivity index (χ4n) is 2.95. The second-order valence-electron chi connectivity index (χ2n) is 6.39. The zero-order valence-corrected chi connectivity index (χ0v) is 11.7. The van der Waals surface area contributed by atoms with E-state index in [4.69, 9.17) is 0 Å². The summed E-state index contributed by atoms with van der Waals surface area (Å²) >= 11 is 0. The highest BCUT2D eigenvalue weighted by atomic mass is 16.2. The average molecular weight is 258 g/mol. The van der Waals surface area contributed by atoms with E-state index >= 15 is 0 Å². The molecule has 2 aliphatic rings. The third-order valence-electron chi connectivity index (χ3n) is 4.44. The van der Waals surface area contributed by atoms with Gasteiger partial charge in [-0.25, -0.2) is 0 Å². The smallest absolute Gasteiger partial charge is 0.237 e. The van der Waals surface area contributed by atoms with Gasteiger partial charge in [-0.1, -0.05) is 24.3 Å². The van der Waals surface area contributed by atoms with Gasteiger partial charge in [0.1, 0.15) is 0 Å². The van der Waals surface area contributed by atoms with Crippen molar-refractivity contribution in [1.29, 1.82) is 0 Å². The number of hydrogen-bond acceptors (Lipinski definition) is 2. The molecule has 3 nitrogen and oxygen atoms in total. The van der Waals surface area contributed by atoms with Crippen LogP contribution in [0.1, 0.15) is 37.8 Å². The highest BCUT2D eigenvalue weighted by Gasteiger charge is 2.40. The van der Waals surface area contributed by atoms with Gasteiger partial charge in [0.15, 0.2) is 0 Å². The van der Waals surface area contributed by atoms with Crippen molar-refractivity contribution in [3.8, 4) is 0 Å². The third-order valence-corrected chi connectivity index (χ3v) is 4.44. The predicted molar refractivity (Wildman–Crippen MR) is 75.7 cm³/mol. The van der Waals surface area contributed by atoms with Crippen LogP contribution < -0.4 is 10.6 Å². The van der Waals surface area contributed by atoms with Crippen molar-refractivity contribution in [3.63, 3.8) is 0 Å². The Morgan fingerprint density at radius 3 is 2.63 bits per heavy atom. The number of carbonyl (C=O) groups is 1. The van der Waals surface area contributed by atoms with Crippen LogP contribution in [0.3, 0.4) is 0 Å². The van der Waals surface area contributed by atoms with Crippen molar-refractivity contribution in [3.05, 3.63) is 35.4 Å². The minimum atomic E-state index is -0.0899. The van der Waals surface area contributed by atoms with E-state index in [9.17, 15) is 4.79 Å². The molecule has 2 N–H and O–H groups in total. The zero-order valence-electron chi connectivity index (χ0n) is 11.7. The molecule has 3 heteroatoms. The van der Waals surface area contributed by atoms with E-state index in [-0.39, 0.29) is 17.5 Å². The second-order valence-corrected chi connectivity index (χ2v) is 6.39. The summed E-state index contributed by atoms with van der Waals surface area (Å²) in [6, 6.07) is 8.27. The standard InChI is InChI=1S/C16H22N2O/c1-16(2,13-7-8-13)18-15(19)14-9-11-5-3-4-6-12(11)10-17-14/h3-6,13-14,17H,7-10H2,1-2H3,(H,18,19)/t14-/m1/s1. The van der Waals surface area contributed by atoms with Gasteiger partial charge < -0.3 is 10.6 Å². The number of nitrogens with one attached hydrogen (secondary N) is 2. The molecule has 0 spiro atoms. The molecule has 0 aromatic heterocycles. The lowest BCUT2D eigenvalue weighted by Gasteiger charge is -2.31. The molecule has 1 aliphatic carbocycles. The Morgan fingerprint density at radius 1 is 1.26 bits per heavy atom. The zero-order chi connectivity index (χ0) is 13.5. The lowest BCUT2D eigenvalue weighted by Crippen LogP contribution is -2.54. The summed E-state index contributed by atoms with van der Waals surface area (Å²) in [4.78, 5) is 12.4. The Labute approximate surface area is 114 Å². The molecule has 1 aromatic rings. The Bertz CT molecular complexity index is 491. The SMILES string of the molecule is CC(C)(NC(=O)[C@H]1Cc2ccccc2CN1)C1CC1. The quantitative estimate of drug-likeness (QED) is 0.870. The first kappa shape index (κ1) is 12.7. The van der Waals surface area contributed by atoms with Crippen LogP contribution in [0.4, 0.5) is 0 Å². The molecular formula is C16H22N2O. The molecule has 1 atom stereocenters. The van der Waals surface area contributed by atoms with Crippen LogP contribution in [0, 0.1) is 5.92 Å². The molecule has 0 saturated heterocycles. The molecule has 1 amide bonds. The third kappa shape index (κ3) is 2.66. The molecule has 1 aromatic carbocycles. The number of hydrogen-bond donors (Lipinski definition) is 2. The fourth-order valence-corrected chi connectivity index (χ4v) is 2.95. The molecule has 3 rings (SSSR count). The Balaban J connectivity index is 1.66. The molecule has 19 heavy (non-hydrogen) atoms. The summed E-state index contributed by atoms with van der Waals surface area (Å²) in [5.41, 5.74) is 2.55. The Morgan fingerprint density at radius 2 is 1.95 bits per heavy atom. The molecule has 1 saturated carbocycles. The minimum absolute atomic E-state index is 0.0598. The molecule has 0 radical (unpaired) electrons. The Hall–Kier alpha value is -1.35. The van der Waals surface area contributed by atoms with Crippen molar-refractivity contribution in [2.75, 3.05) is 0 Å². The van der Waals surface area contributed by atoms with Crippen molar-refractivity contribution < 1.29 is 4.79 Å². The van der Waals surface area contributed by atoms with E-state index in [2.05, 4.69) is 42.7 Å². The second kappa shape index (κ2) is 4.64. The summed E-state index contributed by atoms with van der Waals surface area (Å²) in [5.74, 6) is 0.804. The maximum atomic E-state index is 12.4. The van der Waals surface area contributed by atoms with E-state index < -0.39 is 0 Å². The predicted octanol–water partition coefficient (Wildman–Crippen LogP) is 2.01. The van der Waals surface area contributed by atoms with Crippen molar-refractivity contribution in [1.82, 2.24) is 10.6 Å². The van der Waals surface area contributed by atoms with Gasteiger partial charge in [-0.05, 0) is 50.2 Å². The first-order valence-electron chi connectivity index (χ1n) is 7.18. The van der Waals surface area contributed by atoms with Gasteiger partial charge in [-0.15, -0.1) is 0 Å². The van der Waals surface area contributed by atoms with Gasteiger partial charge >= 0.3 is 0 Å². The van der Waals surface area contributed by atoms with Crippen LogP contribution in [0.2, 0.25) is 0 Å². The van der Waals surface area contributed by atoms with Crippen molar-refractivity contribution in [2.45, 2.75) is 51.2 Å². The normalized spacial score (nSPS) is 22.7. The maximum absolute atomic E-state index is 12.4. The first-order valence-corrected chi connectivity index (χ1v) is 7.18. The molecule has 0 bridgehead atoms. The summed E-state index contributed by atoms with van der Waals surface area (Å²) in [7, 11) is 0. The molecule has 1 aliphatic heterocycles. The van der Waals surface area contributed by atoms with E-state index in [1.165, 1.54) is 24.0 Å². The average Bonchev–Trinajstić information content (AvgIpc) is 3.22. The summed E-state index contributed by atoms with van der Waals surface area (Å²) in [6.07, 6.45) is 3.28. The van der Waals surface area contributed by atoms with E-state index in [1.807, 2.05) is 6.07 Å². The summed E-state index contributed by atoms with van der Waals surface area (Å²) < 4.78 is 0. The summed E-state index contributed by atoms with van der Waals surface area (Å²) in [5, 5.41) is 6.56. The molecule has 102 valence electrons. The lowest BCUT2D eigenvalue weighted by molar-refractivity contribution is -0.125. The van der Waals surface area contributed by atoms with Gasteiger partial charge in [0, 0.05) is 12.1 Å². The number of carbonyl (C=O) groups excluding carboxylic acids is 1. The molecule has 1 fully saturated rings. The van der Waals surface area contributed by atoms with E-state index in [0.717, 1.165) is 13.0 Å². The summed E-state index contributed by atoms with van der Waals surface area (Å²) in [6.45, 7) is 5.07. The Kier molecular flexibility index (Phi) is 3.09. The van der Waals surface area contributed by atoms with Crippen LogP contribution in [0.15, 0.2) is 24.3 Å². The number of fused-ring (bicyclic) bond motifs is 1. The van der Waals surface area contributed by atoms with Gasteiger partial charge in [-0.2, -0.15) is 0 Å². The van der Waals surface area contributed by atoms with Gasteiger partial charge in [0.05, 0.1) is 6.04 Å². The van der Waals surface area contributed by atoms with Gasteiger partial charge in [0.2, 0.25) is 5.91 Å². The van der Waals surface area contributed by atoms with Crippen LogP contribution in [-0.2, 0) is 17.8 Å². The van der Waals surface area contributed by atoms with Crippen LogP contribution >= 0.6 is 0 Å². The fraction of sp³-hybridized carbons (Fsp3) is 0.562. The largest absolute Gasteiger partial charge is 0.350 e. The van der Waals surface area contributed by atoms with Crippen LogP contribution in [0.5, 0.6) is 0 Å². The first-order chi connectivity index (χ1) is 9.06. The monoisotopic (exact) mass is 258 g/mol. The number of amides is 1. The lowest BCUT2D eigenvalue weighted by atomic mass is 9.93. The molecular weight excluding hydrogens is 236 g/mol. The van der Waals surface area contributed by atoms with Crippen molar-refractivity contribution >= 4 is 5.91 Å². The maximum Gasteiger partial charge on any atom is 0.237 e.